The molecule has 0 unspecified atom stereocenters. The van der Waals surface area contributed by atoms with Crippen LogP contribution in [0, 0.1) is 6.92 Å². The molecular formula is C22H25N5O4S. The second-order valence-electron chi connectivity index (χ2n) is 7.55. The first-order chi connectivity index (χ1) is 15.3. The number of aryl methyl sites for hydroxylation is 1. The number of rotatable bonds is 6. The van der Waals surface area contributed by atoms with Crippen LogP contribution in [0.2, 0.25) is 0 Å². The van der Waals surface area contributed by atoms with E-state index in [0.29, 0.717) is 36.3 Å². The number of sulfonamides is 1. The van der Waals surface area contributed by atoms with Crippen LogP contribution in [0.15, 0.2) is 53.4 Å². The van der Waals surface area contributed by atoms with E-state index in [1.165, 1.54) is 12.1 Å². The van der Waals surface area contributed by atoms with Gasteiger partial charge in [0.05, 0.1) is 18.1 Å². The maximum atomic E-state index is 12.8. The van der Waals surface area contributed by atoms with Gasteiger partial charge < -0.3 is 19.7 Å². The zero-order chi connectivity index (χ0) is 22.7. The molecule has 4 rings (SSSR count). The van der Waals surface area contributed by atoms with Crippen LogP contribution in [-0.2, 0) is 10.0 Å². The number of fused-ring (bicyclic) bond motifs is 1. The second kappa shape index (κ2) is 8.91. The summed E-state index contributed by atoms with van der Waals surface area (Å²) in [7, 11) is 0.0374. The summed E-state index contributed by atoms with van der Waals surface area (Å²) < 4.78 is 39.4. The minimum Gasteiger partial charge on any atom is -0.490 e. The molecule has 0 saturated heterocycles. The second-order valence-corrected chi connectivity index (χ2v) is 9.23. The van der Waals surface area contributed by atoms with E-state index in [-0.39, 0.29) is 4.90 Å². The summed E-state index contributed by atoms with van der Waals surface area (Å²) in [5.41, 5.74) is 2.01. The Balaban J connectivity index is 1.48. The molecule has 0 aliphatic carbocycles. The molecule has 3 aromatic rings. The minimum absolute atomic E-state index is 0.105. The van der Waals surface area contributed by atoms with E-state index in [1.807, 2.05) is 32.0 Å². The summed E-state index contributed by atoms with van der Waals surface area (Å²) in [6.45, 7) is 2.93. The number of aromatic nitrogens is 2. The quantitative estimate of drug-likeness (QED) is 0.581. The van der Waals surface area contributed by atoms with Crippen molar-refractivity contribution in [2.75, 3.05) is 42.2 Å². The molecule has 2 aromatic carbocycles. The molecule has 1 aromatic heterocycles. The van der Waals surface area contributed by atoms with Crippen LogP contribution in [0.4, 0.5) is 23.1 Å². The van der Waals surface area contributed by atoms with Crippen LogP contribution in [-0.4, -0.2) is 45.7 Å². The molecule has 0 fully saturated rings. The van der Waals surface area contributed by atoms with E-state index in [9.17, 15) is 8.42 Å². The highest BCUT2D eigenvalue weighted by Gasteiger charge is 2.19. The number of nitrogens with zero attached hydrogens (tertiary/aromatic N) is 3. The first-order valence-electron chi connectivity index (χ1n) is 10.1. The Morgan fingerprint density at radius 3 is 2.31 bits per heavy atom. The fourth-order valence-corrected chi connectivity index (χ4v) is 4.19. The topological polar surface area (TPSA) is 106 Å². The van der Waals surface area contributed by atoms with Gasteiger partial charge in [-0.25, -0.2) is 13.4 Å². The Kier molecular flexibility index (Phi) is 6.04. The zero-order valence-corrected chi connectivity index (χ0v) is 18.9. The van der Waals surface area contributed by atoms with Gasteiger partial charge in [0.2, 0.25) is 5.95 Å². The molecule has 0 bridgehead atoms. The van der Waals surface area contributed by atoms with Crippen molar-refractivity contribution in [1.82, 2.24) is 9.97 Å². The lowest BCUT2D eigenvalue weighted by atomic mass is 10.3. The number of nitrogens with one attached hydrogen (secondary N) is 2. The third-order valence-electron chi connectivity index (χ3n) is 4.72. The summed E-state index contributed by atoms with van der Waals surface area (Å²) in [5.74, 6) is 2.24. The summed E-state index contributed by atoms with van der Waals surface area (Å²) >= 11 is 0. The molecule has 1 aliphatic heterocycles. The lowest BCUT2D eigenvalue weighted by Gasteiger charge is -2.14. The normalized spacial score (nSPS) is 13.2. The smallest absolute Gasteiger partial charge is 0.262 e. The van der Waals surface area contributed by atoms with Gasteiger partial charge in [0.1, 0.15) is 5.82 Å². The van der Waals surface area contributed by atoms with Crippen LogP contribution in [0.3, 0.4) is 0 Å². The van der Waals surface area contributed by atoms with Crippen LogP contribution in [0.5, 0.6) is 11.5 Å². The average Bonchev–Trinajstić information content (AvgIpc) is 2.99. The number of anilines is 4. The highest BCUT2D eigenvalue weighted by Crippen LogP contribution is 2.32. The molecule has 0 saturated carbocycles. The van der Waals surface area contributed by atoms with Gasteiger partial charge >= 0.3 is 0 Å². The van der Waals surface area contributed by atoms with Crippen molar-refractivity contribution in [1.29, 1.82) is 0 Å². The summed E-state index contributed by atoms with van der Waals surface area (Å²) in [6, 6.07) is 13.4. The van der Waals surface area contributed by atoms with Crippen molar-refractivity contribution in [3.8, 4) is 11.5 Å². The van der Waals surface area contributed by atoms with Crippen LogP contribution in [0.25, 0.3) is 0 Å². The predicted molar refractivity (Wildman–Crippen MR) is 124 cm³/mol. The average molecular weight is 456 g/mol. The highest BCUT2D eigenvalue weighted by molar-refractivity contribution is 7.92. The van der Waals surface area contributed by atoms with Gasteiger partial charge in [-0.2, -0.15) is 4.98 Å². The van der Waals surface area contributed by atoms with Crippen LogP contribution >= 0.6 is 0 Å². The van der Waals surface area contributed by atoms with Gasteiger partial charge in [-0.3, -0.25) is 4.72 Å². The van der Waals surface area contributed by atoms with Crippen LogP contribution < -0.4 is 24.4 Å². The molecule has 1 aliphatic rings. The SMILES string of the molecule is Cc1cc(N(C)C)nc(Nc2ccc(NS(=O)(=O)c3ccc4c(c3)OCCCO4)cc2)n1. The van der Waals surface area contributed by atoms with E-state index >= 15 is 0 Å². The molecular weight excluding hydrogens is 430 g/mol. The third-order valence-corrected chi connectivity index (χ3v) is 6.10. The Morgan fingerprint density at radius 1 is 0.906 bits per heavy atom. The van der Waals surface area contributed by atoms with Gasteiger partial charge in [0.25, 0.3) is 10.0 Å². The molecule has 168 valence electrons. The monoisotopic (exact) mass is 455 g/mol. The van der Waals surface area contributed by atoms with Crippen LogP contribution in [0.1, 0.15) is 12.1 Å². The van der Waals surface area contributed by atoms with E-state index in [1.54, 1.807) is 30.3 Å². The Morgan fingerprint density at radius 2 is 1.59 bits per heavy atom. The number of benzene rings is 2. The van der Waals surface area contributed by atoms with Crippen molar-refractivity contribution in [3.05, 3.63) is 54.2 Å². The Bertz CT molecular complexity index is 1210. The lowest BCUT2D eigenvalue weighted by molar-refractivity contribution is 0.297. The summed E-state index contributed by atoms with van der Waals surface area (Å²) in [5, 5.41) is 3.15. The molecule has 0 radical (unpaired) electrons. The fraction of sp³-hybridized carbons (Fsp3) is 0.273. The molecule has 0 atom stereocenters. The van der Waals surface area contributed by atoms with Crippen molar-refractivity contribution < 1.29 is 17.9 Å². The third kappa shape index (κ3) is 5.02. The van der Waals surface area contributed by atoms with Crippen molar-refractivity contribution >= 4 is 33.2 Å². The maximum Gasteiger partial charge on any atom is 0.262 e. The summed E-state index contributed by atoms with van der Waals surface area (Å²) in [6.07, 6.45) is 0.749. The predicted octanol–water partition coefficient (Wildman–Crippen LogP) is 3.56. The molecule has 32 heavy (non-hydrogen) atoms. The zero-order valence-electron chi connectivity index (χ0n) is 18.1. The van der Waals surface area contributed by atoms with E-state index in [4.69, 9.17) is 9.47 Å². The molecule has 10 heteroatoms. The molecule has 0 spiro atoms. The van der Waals surface area contributed by atoms with E-state index in [2.05, 4.69) is 20.0 Å². The molecule has 2 N–H and O–H groups in total. The van der Waals surface area contributed by atoms with Crippen molar-refractivity contribution in [3.63, 3.8) is 0 Å². The first kappa shape index (κ1) is 21.7. The number of ether oxygens (including phenoxy) is 2. The minimum atomic E-state index is -3.79. The van der Waals surface area contributed by atoms with Gasteiger partial charge in [0.15, 0.2) is 11.5 Å². The standard InChI is InChI=1S/C22H25N5O4S/c1-15-13-21(27(2)3)25-22(23-15)24-16-5-7-17(8-6-16)26-32(28,29)18-9-10-19-20(14-18)31-12-4-11-30-19/h5-10,13-14,26H,4,11-12H2,1-3H3,(H,23,24,25). The molecule has 9 nitrogen and oxygen atoms in total. The fourth-order valence-electron chi connectivity index (χ4n) is 3.11. The van der Waals surface area contributed by atoms with Crippen molar-refractivity contribution in [2.24, 2.45) is 0 Å². The largest absolute Gasteiger partial charge is 0.490 e. The maximum absolute atomic E-state index is 12.8. The van der Waals surface area contributed by atoms with Gasteiger partial charge in [-0.15, -0.1) is 0 Å². The Hall–Kier alpha value is -3.53. The van der Waals surface area contributed by atoms with Gasteiger partial charge in [0, 0.05) is 49.7 Å². The first-order valence-corrected chi connectivity index (χ1v) is 11.6. The van der Waals surface area contributed by atoms with Gasteiger partial charge in [-0.05, 0) is 43.3 Å². The van der Waals surface area contributed by atoms with Gasteiger partial charge in [-0.1, -0.05) is 0 Å². The molecule has 2 heterocycles. The van der Waals surface area contributed by atoms with E-state index < -0.39 is 10.0 Å². The van der Waals surface area contributed by atoms with E-state index in [0.717, 1.165) is 23.6 Å². The summed E-state index contributed by atoms with van der Waals surface area (Å²) in [4.78, 5) is 10.9. The number of hydrogen-bond acceptors (Lipinski definition) is 8. The number of hydrogen-bond donors (Lipinski definition) is 2. The van der Waals surface area contributed by atoms with Crippen molar-refractivity contribution in [2.45, 2.75) is 18.2 Å². The molecule has 0 amide bonds. The lowest BCUT2D eigenvalue weighted by Crippen LogP contribution is -2.13. The highest BCUT2D eigenvalue weighted by atomic mass is 32.2. The Labute approximate surface area is 187 Å².